The second kappa shape index (κ2) is 7.13. The first kappa shape index (κ1) is 16.1. The van der Waals surface area contributed by atoms with Gasteiger partial charge in [-0.25, -0.2) is 0 Å². The maximum Gasteiger partial charge on any atom is 0.573 e. The highest BCUT2D eigenvalue weighted by molar-refractivity contribution is 5.28. The van der Waals surface area contributed by atoms with Gasteiger partial charge in [-0.3, -0.25) is 0 Å². The van der Waals surface area contributed by atoms with E-state index in [1.807, 2.05) is 0 Å². The molecule has 1 aromatic rings. The third-order valence-electron chi connectivity index (χ3n) is 3.77. The molecule has 0 aliphatic heterocycles. The lowest BCUT2D eigenvalue weighted by atomic mass is 9.86. The van der Waals surface area contributed by atoms with Gasteiger partial charge in [-0.1, -0.05) is 18.6 Å². The number of hydrogen-bond acceptors (Lipinski definition) is 3. The van der Waals surface area contributed by atoms with E-state index in [0.29, 0.717) is 18.5 Å². The number of hydrogen-bond donors (Lipinski definition) is 2. The summed E-state index contributed by atoms with van der Waals surface area (Å²) in [5.41, 5.74) is 0.753. The molecule has 0 radical (unpaired) electrons. The largest absolute Gasteiger partial charge is 0.573 e. The average Bonchev–Trinajstić information content (AvgIpc) is 2.44. The SMILES string of the molecule is OC[C@@H]1CCC[C@@H](NCc2cccc(OC(F)(F)F)c2)C1. The molecule has 118 valence electrons. The highest BCUT2D eigenvalue weighted by Crippen LogP contribution is 2.25. The molecular weight excluding hydrogens is 283 g/mol. The van der Waals surface area contributed by atoms with Crippen molar-refractivity contribution in [2.75, 3.05) is 6.61 Å². The molecule has 6 heteroatoms. The lowest BCUT2D eigenvalue weighted by Crippen LogP contribution is -2.34. The molecule has 0 saturated heterocycles. The van der Waals surface area contributed by atoms with Crippen LogP contribution in [0, 0.1) is 5.92 Å². The Morgan fingerprint density at radius 3 is 2.81 bits per heavy atom. The van der Waals surface area contributed by atoms with E-state index in [1.54, 1.807) is 12.1 Å². The number of benzene rings is 1. The van der Waals surface area contributed by atoms with Gasteiger partial charge in [0.1, 0.15) is 5.75 Å². The van der Waals surface area contributed by atoms with E-state index < -0.39 is 6.36 Å². The van der Waals surface area contributed by atoms with Crippen molar-refractivity contribution in [3.8, 4) is 5.75 Å². The van der Waals surface area contributed by atoms with Gasteiger partial charge in [-0.2, -0.15) is 0 Å². The molecule has 0 aromatic heterocycles. The third kappa shape index (κ3) is 5.55. The summed E-state index contributed by atoms with van der Waals surface area (Å²) in [5, 5.41) is 12.5. The van der Waals surface area contributed by atoms with E-state index >= 15 is 0 Å². The summed E-state index contributed by atoms with van der Waals surface area (Å²) in [6, 6.07) is 6.31. The van der Waals surface area contributed by atoms with Gasteiger partial charge < -0.3 is 15.2 Å². The molecule has 1 fully saturated rings. The summed E-state index contributed by atoms with van der Waals surface area (Å²) in [5.74, 6) is 0.134. The van der Waals surface area contributed by atoms with Gasteiger partial charge in [0.25, 0.3) is 0 Å². The molecule has 0 spiro atoms. The minimum absolute atomic E-state index is 0.196. The zero-order valence-corrected chi connectivity index (χ0v) is 11.7. The first-order chi connectivity index (χ1) is 9.96. The smallest absolute Gasteiger partial charge is 0.406 e. The second-order valence-corrected chi connectivity index (χ2v) is 5.49. The number of aliphatic hydroxyl groups is 1. The first-order valence-electron chi connectivity index (χ1n) is 7.15. The van der Waals surface area contributed by atoms with Crippen molar-refractivity contribution < 1.29 is 23.0 Å². The molecule has 0 unspecified atom stereocenters. The predicted octanol–water partition coefficient (Wildman–Crippen LogP) is 3.23. The summed E-state index contributed by atoms with van der Waals surface area (Å²) >= 11 is 0. The van der Waals surface area contributed by atoms with Gasteiger partial charge in [0, 0.05) is 19.2 Å². The quantitative estimate of drug-likeness (QED) is 0.877. The average molecular weight is 303 g/mol. The zero-order valence-electron chi connectivity index (χ0n) is 11.7. The zero-order chi connectivity index (χ0) is 15.3. The molecule has 2 rings (SSSR count). The Bertz CT molecular complexity index is 451. The molecule has 2 N–H and O–H groups in total. The van der Waals surface area contributed by atoms with Gasteiger partial charge in [-0.15, -0.1) is 13.2 Å². The van der Waals surface area contributed by atoms with Crippen LogP contribution in [0.15, 0.2) is 24.3 Å². The monoisotopic (exact) mass is 303 g/mol. The minimum Gasteiger partial charge on any atom is -0.406 e. The number of nitrogens with one attached hydrogen (secondary N) is 1. The van der Waals surface area contributed by atoms with Crippen molar-refractivity contribution in [2.45, 2.75) is 44.6 Å². The van der Waals surface area contributed by atoms with Crippen LogP contribution in [0.5, 0.6) is 5.75 Å². The number of rotatable bonds is 5. The topological polar surface area (TPSA) is 41.5 Å². The van der Waals surface area contributed by atoms with E-state index in [0.717, 1.165) is 31.2 Å². The molecule has 1 saturated carbocycles. The van der Waals surface area contributed by atoms with Gasteiger partial charge in [-0.05, 0) is 42.9 Å². The summed E-state index contributed by atoms with van der Waals surface area (Å²) < 4.78 is 40.4. The molecule has 21 heavy (non-hydrogen) atoms. The Labute approximate surface area is 122 Å². The number of aliphatic hydroxyl groups excluding tert-OH is 1. The van der Waals surface area contributed by atoms with E-state index in [4.69, 9.17) is 0 Å². The van der Waals surface area contributed by atoms with Crippen molar-refractivity contribution in [1.29, 1.82) is 0 Å². The summed E-state index contributed by atoms with van der Waals surface area (Å²) in [4.78, 5) is 0. The Balaban J connectivity index is 1.87. The molecule has 0 amide bonds. The van der Waals surface area contributed by atoms with Crippen molar-refractivity contribution in [3.63, 3.8) is 0 Å². The van der Waals surface area contributed by atoms with Crippen molar-refractivity contribution in [2.24, 2.45) is 5.92 Å². The normalized spacial score (nSPS) is 23.0. The molecule has 0 heterocycles. The third-order valence-corrected chi connectivity index (χ3v) is 3.77. The number of ether oxygens (including phenoxy) is 1. The van der Waals surface area contributed by atoms with Crippen molar-refractivity contribution >= 4 is 0 Å². The molecule has 1 aliphatic carbocycles. The minimum atomic E-state index is -4.66. The van der Waals surface area contributed by atoms with Crippen LogP contribution in [-0.4, -0.2) is 24.1 Å². The highest BCUT2D eigenvalue weighted by atomic mass is 19.4. The van der Waals surface area contributed by atoms with Gasteiger partial charge >= 0.3 is 6.36 Å². The Morgan fingerprint density at radius 1 is 1.29 bits per heavy atom. The van der Waals surface area contributed by atoms with Crippen molar-refractivity contribution in [1.82, 2.24) is 5.32 Å². The maximum absolute atomic E-state index is 12.2. The first-order valence-corrected chi connectivity index (χ1v) is 7.15. The lowest BCUT2D eigenvalue weighted by molar-refractivity contribution is -0.274. The Kier molecular flexibility index (Phi) is 5.47. The summed E-state index contributed by atoms with van der Waals surface area (Å²) in [7, 11) is 0. The summed E-state index contributed by atoms with van der Waals surface area (Å²) in [6.45, 7) is 0.699. The van der Waals surface area contributed by atoms with Crippen LogP contribution >= 0.6 is 0 Å². The second-order valence-electron chi connectivity index (χ2n) is 5.49. The van der Waals surface area contributed by atoms with Gasteiger partial charge in [0.15, 0.2) is 0 Å². The van der Waals surface area contributed by atoms with Crippen LogP contribution in [0.2, 0.25) is 0 Å². The van der Waals surface area contributed by atoms with Crippen LogP contribution in [0.25, 0.3) is 0 Å². The molecule has 0 bridgehead atoms. The van der Waals surface area contributed by atoms with Gasteiger partial charge in [0.2, 0.25) is 0 Å². The van der Waals surface area contributed by atoms with E-state index in [9.17, 15) is 18.3 Å². The van der Waals surface area contributed by atoms with E-state index in [-0.39, 0.29) is 12.4 Å². The van der Waals surface area contributed by atoms with Crippen LogP contribution in [0.4, 0.5) is 13.2 Å². The number of halogens is 3. The molecule has 2 atom stereocenters. The fraction of sp³-hybridized carbons (Fsp3) is 0.600. The van der Waals surface area contributed by atoms with Crippen LogP contribution in [0.3, 0.4) is 0 Å². The molecule has 1 aromatic carbocycles. The highest BCUT2D eigenvalue weighted by Gasteiger charge is 2.31. The standard InChI is InChI=1S/C15H20F3NO2/c16-15(17,18)21-14-6-2-3-11(8-14)9-19-13-5-1-4-12(7-13)10-20/h2-3,6,8,12-13,19-20H,1,4-5,7,9-10H2/t12-,13-/m1/s1. The van der Waals surface area contributed by atoms with E-state index in [2.05, 4.69) is 10.1 Å². The van der Waals surface area contributed by atoms with Crippen LogP contribution in [0.1, 0.15) is 31.2 Å². The Hall–Kier alpha value is -1.27. The molecule has 1 aliphatic rings. The van der Waals surface area contributed by atoms with Crippen LogP contribution in [-0.2, 0) is 6.54 Å². The van der Waals surface area contributed by atoms with Crippen molar-refractivity contribution in [3.05, 3.63) is 29.8 Å². The Morgan fingerprint density at radius 2 is 2.10 bits per heavy atom. The maximum atomic E-state index is 12.2. The molecule has 3 nitrogen and oxygen atoms in total. The van der Waals surface area contributed by atoms with Gasteiger partial charge in [0.05, 0.1) is 0 Å². The fourth-order valence-corrected chi connectivity index (χ4v) is 2.76. The fourth-order valence-electron chi connectivity index (χ4n) is 2.76. The number of alkyl halides is 3. The van der Waals surface area contributed by atoms with E-state index in [1.165, 1.54) is 12.1 Å². The molecular formula is C15H20F3NO2. The lowest BCUT2D eigenvalue weighted by Gasteiger charge is -2.28. The predicted molar refractivity (Wildman–Crippen MR) is 72.8 cm³/mol. The van der Waals surface area contributed by atoms with Crippen LogP contribution < -0.4 is 10.1 Å². The summed E-state index contributed by atoms with van der Waals surface area (Å²) in [6.07, 6.45) is -0.599.